The van der Waals surface area contributed by atoms with Crippen LogP contribution < -0.4 is 5.73 Å². The van der Waals surface area contributed by atoms with E-state index in [9.17, 15) is 0 Å². The Balaban J connectivity index is 2.15. The minimum atomic E-state index is 0.0521. The molecule has 0 saturated carbocycles. The quantitative estimate of drug-likeness (QED) is 0.907. The number of halogens is 1. The molecule has 0 amide bonds. The summed E-state index contributed by atoms with van der Waals surface area (Å²) in [5, 5.41) is 2.17. The van der Waals surface area contributed by atoms with Gasteiger partial charge in [0, 0.05) is 25.0 Å². The highest BCUT2D eigenvalue weighted by atomic mass is 79.9. The molecule has 3 nitrogen and oxygen atoms in total. The van der Waals surface area contributed by atoms with Crippen molar-refractivity contribution in [2.45, 2.75) is 25.6 Å². The van der Waals surface area contributed by atoms with Crippen LogP contribution in [0.25, 0.3) is 0 Å². The van der Waals surface area contributed by atoms with Crippen molar-refractivity contribution in [2.24, 2.45) is 5.73 Å². The number of aromatic nitrogens is 1. The maximum atomic E-state index is 6.15. The summed E-state index contributed by atoms with van der Waals surface area (Å²) in [6.07, 6.45) is 3.69. The zero-order chi connectivity index (χ0) is 13.8. The van der Waals surface area contributed by atoms with Crippen LogP contribution in [0.1, 0.15) is 24.1 Å². The van der Waals surface area contributed by atoms with Crippen molar-refractivity contribution >= 4 is 27.3 Å². The van der Waals surface area contributed by atoms with Gasteiger partial charge in [-0.2, -0.15) is 0 Å². The molecule has 2 N–H and O–H groups in total. The zero-order valence-corrected chi connectivity index (χ0v) is 13.5. The molecule has 0 radical (unpaired) electrons. The van der Waals surface area contributed by atoms with Gasteiger partial charge in [0.2, 0.25) is 0 Å². The minimum Gasteiger partial charge on any atom is -0.326 e. The van der Waals surface area contributed by atoms with Crippen LogP contribution in [0.2, 0.25) is 0 Å². The van der Waals surface area contributed by atoms with Gasteiger partial charge in [-0.05, 0) is 58.5 Å². The fourth-order valence-electron chi connectivity index (χ4n) is 2.33. The largest absolute Gasteiger partial charge is 0.326 e. The van der Waals surface area contributed by atoms with Crippen LogP contribution in [-0.2, 0) is 6.54 Å². The monoisotopic (exact) mass is 339 g/mol. The molecule has 0 aliphatic heterocycles. The molecule has 0 spiro atoms. The summed E-state index contributed by atoms with van der Waals surface area (Å²) in [5.74, 6) is 0. The first-order chi connectivity index (χ1) is 9.08. The first-order valence-corrected chi connectivity index (χ1v) is 7.84. The molecule has 0 saturated heterocycles. The zero-order valence-electron chi connectivity index (χ0n) is 11.1. The highest BCUT2D eigenvalue weighted by molar-refractivity contribution is 9.11. The first kappa shape index (κ1) is 14.7. The molecular formula is C14H18BrN3S. The van der Waals surface area contributed by atoms with Crippen molar-refractivity contribution in [1.82, 2.24) is 9.88 Å². The number of hydrogen-bond donors (Lipinski definition) is 1. The standard InChI is InChI=1S/C14H18BrN3S/c1-10(16)14(12-4-3-5-17-7-12)18(2)8-11-6-13(15)19-9-11/h3-7,9-10,14H,8,16H2,1-2H3. The third kappa shape index (κ3) is 3.86. The third-order valence-electron chi connectivity index (χ3n) is 3.05. The Kier molecular flexibility index (Phi) is 5.10. The van der Waals surface area contributed by atoms with E-state index in [0.717, 1.165) is 15.9 Å². The number of hydrogen-bond acceptors (Lipinski definition) is 4. The average Bonchev–Trinajstić information content (AvgIpc) is 2.75. The van der Waals surface area contributed by atoms with Crippen LogP contribution in [0.15, 0.2) is 39.8 Å². The summed E-state index contributed by atoms with van der Waals surface area (Å²) in [5.41, 5.74) is 8.61. The second-order valence-corrected chi connectivity index (χ2v) is 7.05. The SMILES string of the molecule is CC(N)C(c1cccnc1)N(C)Cc1csc(Br)c1. The molecule has 2 unspecified atom stereocenters. The van der Waals surface area contributed by atoms with Gasteiger partial charge in [-0.25, -0.2) is 0 Å². The Labute approximate surface area is 126 Å². The van der Waals surface area contributed by atoms with Crippen molar-refractivity contribution in [2.75, 3.05) is 7.05 Å². The van der Waals surface area contributed by atoms with E-state index >= 15 is 0 Å². The van der Waals surface area contributed by atoms with Gasteiger partial charge >= 0.3 is 0 Å². The lowest BCUT2D eigenvalue weighted by Crippen LogP contribution is -2.36. The number of nitrogens with zero attached hydrogens (tertiary/aromatic N) is 2. The molecule has 0 bridgehead atoms. The molecule has 19 heavy (non-hydrogen) atoms. The van der Waals surface area contributed by atoms with Crippen LogP contribution >= 0.6 is 27.3 Å². The first-order valence-electron chi connectivity index (χ1n) is 6.16. The second kappa shape index (κ2) is 6.61. The molecule has 0 aliphatic carbocycles. The number of rotatable bonds is 5. The molecule has 0 aliphatic rings. The van der Waals surface area contributed by atoms with Crippen molar-refractivity contribution in [3.63, 3.8) is 0 Å². The van der Waals surface area contributed by atoms with Crippen LogP contribution in [0.5, 0.6) is 0 Å². The summed E-state index contributed by atoms with van der Waals surface area (Å²) in [6.45, 7) is 2.92. The third-order valence-corrected chi connectivity index (χ3v) is 4.61. The van der Waals surface area contributed by atoms with Gasteiger partial charge in [-0.15, -0.1) is 11.3 Å². The van der Waals surface area contributed by atoms with Crippen LogP contribution in [0.4, 0.5) is 0 Å². The molecule has 0 fully saturated rings. The van der Waals surface area contributed by atoms with E-state index in [4.69, 9.17) is 5.73 Å². The molecule has 2 rings (SSSR count). The predicted octanol–water partition coefficient (Wildman–Crippen LogP) is 3.43. The van der Waals surface area contributed by atoms with E-state index < -0.39 is 0 Å². The topological polar surface area (TPSA) is 42.1 Å². The van der Waals surface area contributed by atoms with Crippen LogP contribution in [0, 0.1) is 0 Å². The lowest BCUT2D eigenvalue weighted by Gasteiger charge is -2.31. The van der Waals surface area contributed by atoms with E-state index in [2.05, 4.69) is 50.4 Å². The van der Waals surface area contributed by atoms with Crippen LogP contribution in [-0.4, -0.2) is 23.0 Å². The summed E-state index contributed by atoms with van der Waals surface area (Å²) >= 11 is 5.21. The fourth-order valence-corrected chi connectivity index (χ4v) is 3.53. The number of pyridine rings is 1. The van der Waals surface area contributed by atoms with Crippen molar-refractivity contribution in [3.05, 3.63) is 50.9 Å². The number of likely N-dealkylation sites (N-methyl/N-ethyl adjacent to an activating group) is 1. The molecule has 2 aromatic heterocycles. The van der Waals surface area contributed by atoms with Crippen molar-refractivity contribution in [3.8, 4) is 0 Å². The molecular weight excluding hydrogens is 322 g/mol. The van der Waals surface area contributed by atoms with Gasteiger partial charge in [0.05, 0.1) is 9.83 Å². The molecule has 5 heteroatoms. The smallest absolute Gasteiger partial charge is 0.0701 e. The number of nitrogens with two attached hydrogens (primary N) is 1. The molecule has 2 atom stereocenters. The van der Waals surface area contributed by atoms with E-state index in [1.54, 1.807) is 17.5 Å². The molecule has 2 aromatic rings. The van der Waals surface area contributed by atoms with E-state index in [-0.39, 0.29) is 12.1 Å². The van der Waals surface area contributed by atoms with E-state index in [1.807, 2.05) is 19.2 Å². The highest BCUT2D eigenvalue weighted by Crippen LogP contribution is 2.26. The Morgan fingerprint density at radius 2 is 2.32 bits per heavy atom. The summed E-state index contributed by atoms with van der Waals surface area (Å²) in [4.78, 5) is 6.47. The minimum absolute atomic E-state index is 0.0521. The van der Waals surface area contributed by atoms with Gasteiger partial charge in [0.15, 0.2) is 0 Å². The van der Waals surface area contributed by atoms with Gasteiger partial charge < -0.3 is 5.73 Å². The lowest BCUT2D eigenvalue weighted by molar-refractivity contribution is 0.211. The summed E-state index contributed by atoms with van der Waals surface area (Å²) in [7, 11) is 2.10. The lowest BCUT2D eigenvalue weighted by atomic mass is 10.0. The van der Waals surface area contributed by atoms with Crippen LogP contribution in [0.3, 0.4) is 0 Å². The van der Waals surface area contributed by atoms with Gasteiger partial charge in [0.1, 0.15) is 0 Å². The highest BCUT2D eigenvalue weighted by Gasteiger charge is 2.21. The Bertz CT molecular complexity index is 512. The summed E-state index contributed by atoms with van der Waals surface area (Å²) in [6, 6.07) is 6.42. The van der Waals surface area contributed by atoms with E-state index in [1.165, 1.54) is 5.56 Å². The van der Waals surface area contributed by atoms with Crippen molar-refractivity contribution < 1.29 is 0 Å². The number of thiophene rings is 1. The summed E-state index contributed by atoms with van der Waals surface area (Å²) < 4.78 is 1.16. The molecule has 2 heterocycles. The Morgan fingerprint density at radius 3 is 2.84 bits per heavy atom. The maximum absolute atomic E-state index is 6.15. The van der Waals surface area contributed by atoms with Crippen molar-refractivity contribution in [1.29, 1.82) is 0 Å². The van der Waals surface area contributed by atoms with Gasteiger partial charge in [-0.3, -0.25) is 9.88 Å². The maximum Gasteiger partial charge on any atom is 0.0701 e. The fraction of sp³-hybridized carbons (Fsp3) is 0.357. The predicted molar refractivity (Wildman–Crippen MR) is 84.1 cm³/mol. The average molecular weight is 340 g/mol. The van der Waals surface area contributed by atoms with Gasteiger partial charge in [-0.1, -0.05) is 6.07 Å². The molecule has 0 aromatic carbocycles. The van der Waals surface area contributed by atoms with E-state index in [0.29, 0.717) is 0 Å². The molecule has 102 valence electrons. The second-order valence-electron chi connectivity index (χ2n) is 4.76. The van der Waals surface area contributed by atoms with Gasteiger partial charge in [0.25, 0.3) is 0 Å². The Hall–Kier alpha value is -0.750. The Morgan fingerprint density at radius 1 is 1.53 bits per heavy atom. The normalized spacial score (nSPS) is 14.6.